The maximum Gasteiger partial charge on any atom is 0.434 e. The van der Waals surface area contributed by atoms with Crippen LogP contribution in [0, 0.1) is 0 Å². The highest BCUT2D eigenvalue weighted by Gasteiger charge is 2.33. The highest BCUT2D eigenvalue weighted by Crippen LogP contribution is 2.32. The maximum atomic E-state index is 12.3. The molecule has 16 heavy (non-hydrogen) atoms. The van der Waals surface area contributed by atoms with Crippen LogP contribution in [0.5, 0.6) is 0 Å². The van der Waals surface area contributed by atoms with Crippen LogP contribution in [0.3, 0.4) is 0 Å². The molecular formula is C9H12F3N3S. The molecule has 0 bridgehead atoms. The van der Waals surface area contributed by atoms with Crippen molar-refractivity contribution in [3.63, 3.8) is 0 Å². The lowest BCUT2D eigenvalue weighted by Crippen LogP contribution is -2.35. The highest BCUT2D eigenvalue weighted by molar-refractivity contribution is 7.13. The zero-order valence-electron chi connectivity index (χ0n) is 8.47. The van der Waals surface area contributed by atoms with Crippen molar-refractivity contribution in [1.82, 2.24) is 10.3 Å². The fourth-order valence-electron chi connectivity index (χ4n) is 1.61. The highest BCUT2D eigenvalue weighted by atomic mass is 32.1. The molecule has 7 heteroatoms. The van der Waals surface area contributed by atoms with E-state index in [1.165, 1.54) is 0 Å². The summed E-state index contributed by atoms with van der Waals surface area (Å²) in [4.78, 5) is 3.54. The Balaban J connectivity index is 1.97. The molecule has 0 saturated carbocycles. The number of rotatable bonds is 2. The van der Waals surface area contributed by atoms with Crippen LogP contribution in [0.15, 0.2) is 5.38 Å². The number of piperidine rings is 1. The van der Waals surface area contributed by atoms with Crippen molar-refractivity contribution in [2.45, 2.75) is 25.1 Å². The van der Waals surface area contributed by atoms with Gasteiger partial charge in [-0.25, -0.2) is 4.98 Å². The number of alkyl halides is 3. The molecule has 2 rings (SSSR count). The first-order chi connectivity index (χ1) is 7.55. The van der Waals surface area contributed by atoms with Crippen LogP contribution in [0.2, 0.25) is 0 Å². The third-order valence-electron chi connectivity index (χ3n) is 2.46. The minimum absolute atomic E-state index is 0.230. The first-order valence-electron chi connectivity index (χ1n) is 5.05. The van der Waals surface area contributed by atoms with Crippen LogP contribution in [-0.2, 0) is 6.18 Å². The Labute approximate surface area is 95.1 Å². The topological polar surface area (TPSA) is 37.0 Å². The first kappa shape index (κ1) is 11.7. The Bertz CT molecular complexity index is 344. The summed E-state index contributed by atoms with van der Waals surface area (Å²) in [5.74, 6) is 0. The summed E-state index contributed by atoms with van der Waals surface area (Å²) >= 11 is 1.01. The minimum atomic E-state index is -4.34. The van der Waals surface area contributed by atoms with Crippen molar-refractivity contribution >= 4 is 16.5 Å². The molecule has 2 heterocycles. The summed E-state index contributed by atoms with van der Waals surface area (Å²) in [6, 6.07) is 0.230. The second kappa shape index (κ2) is 4.58. The number of aromatic nitrogens is 1. The van der Waals surface area contributed by atoms with Gasteiger partial charge >= 0.3 is 6.18 Å². The smallest absolute Gasteiger partial charge is 0.359 e. The van der Waals surface area contributed by atoms with E-state index < -0.39 is 11.9 Å². The Morgan fingerprint density at radius 3 is 2.62 bits per heavy atom. The fourth-order valence-corrected chi connectivity index (χ4v) is 2.41. The zero-order chi connectivity index (χ0) is 11.6. The van der Waals surface area contributed by atoms with Crippen LogP contribution in [-0.4, -0.2) is 24.1 Å². The molecule has 1 fully saturated rings. The summed E-state index contributed by atoms with van der Waals surface area (Å²) < 4.78 is 36.9. The lowest BCUT2D eigenvalue weighted by Gasteiger charge is -2.23. The van der Waals surface area contributed by atoms with Gasteiger partial charge in [-0.1, -0.05) is 0 Å². The Kier molecular flexibility index (Phi) is 3.34. The molecule has 0 aliphatic carbocycles. The summed E-state index contributed by atoms with van der Waals surface area (Å²) in [5, 5.41) is 7.64. The molecule has 0 radical (unpaired) electrons. The molecule has 90 valence electrons. The molecule has 0 aromatic carbocycles. The Morgan fingerprint density at radius 1 is 1.38 bits per heavy atom. The van der Waals surface area contributed by atoms with E-state index in [0.717, 1.165) is 42.6 Å². The van der Waals surface area contributed by atoms with Gasteiger partial charge in [-0.2, -0.15) is 13.2 Å². The molecule has 0 unspecified atom stereocenters. The molecule has 1 aliphatic heterocycles. The van der Waals surface area contributed by atoms with Crippen molar-refractivity contribution in [2.24, 2.45) is 0 Å². The monoisotopic (exact) mass is 251 g/mol. The lowest BCUT2D eigenvalue weighted by molar-refractivity contribution is -0.140. The second-order valence-corrected chi connectivity index (χ2v) is 4.56. The molecule has 1 aromatic rings. The van der Waals surface area contributed by atoms with E-state index in [2.05, 4.69) is 15.6 Å². The third kappa shape index (κ3) is 2.85. The van der Waals surface area contributed by atoms with Crippen molar-refractivity contribution in [3.8, 4) is 0 Å². The summed E-state index contributed by atoms with van der Waals surface area (Å²) in [7, 11) is 0. The number of halogens is 3. The van der Waals surface area contributed by atoms with Crippen molar-refractivity contribution in [1.29, 1.82) is 0 Å². The number of hydrogen-bond donors (Lipinski definition) is 2. The number of nitrogens with one attached hydrogen (secondary N) is 2. The van der Waals surface area contributed by atoms with E-state index in [1.807, 2.05) is 0 Å². The normalized spacial score (nSPS) is 18.7. The minimum Gasteiger partial charge on any atom is -0.359 e. The number of hydrogen-bond acceptors (Lipinski definition) is 4. The van der Waals surface area contributed by atoms with Gasteiger partial charge in [-0.3, -0.25) is 0 Å². The number of anilines is 1. The predicted octanol–water partition coefficient (Wildman–Crippen LogP) is 2.33. The molecular weight excluding hydrogens is 239 g/mol. The van der Waals surface area contributed by atoms with Gasteiger partial charge in [-0.15, -0.1) is 11.3 Å². The summed E-state index contributed by atoms with van der Waals surface area (Å²) in [6.45, 7) is 1.80. The molecule has 2 N–H and O–H groups in total. The largest absolute Gasteiger partial charge is 0.434 e. The Morgan fingerprint density at radius 2 is 2.06 bits per heavy atom. The third-order valence-corrected chi connectivity index (χ3v) is 3.23. The molecule has 3 nitrogen and oxygen atoms in total. The average Bonchev–Trinajstić information content (AvgIpc) is 2.67. The van der Waals surface area contributed by atoms with E-state index in [9.17, 15) is 13.2 Å². The van der Waals surface area contributed by atoms with Crippen molar-refractivity contribution in [3.05, 3.63) is 11.1 Å². The Hall–Kier alpha value is -0.820. The number of nitrogens with zero attached hydrogens (tertiary/aromatic N) is 1. The van der Waals surface area contributed by atoms with Crippen LogP contribution >= 0.6 is 11.3 Å². The summed E-state index contributed by atoms with van der Waals surface area (Å²) in [5.41, 5.74) is -0.811. The maximum absolute atomic E-state index is 12.3. The predicted molar refractivity (Wildman–Crippen MR) is 56.6 cm³/mol. The fraction of sp³-hybridized carbons (Fsp3) is 0.667. The molecule has 1 saturated heterocycles. The van der Waals surface area contributed by atoms with E-state index >= 15 is 0 Å². The first-order valence-corrected chi connectivity index (χ1v) is 5.93. The standard InChI is InChI=1S/C9H12F3N3S/c10-9(11,12)7-5-16-8(15-7)14-6-1-3-13-4-2-6/h5-6,13H,1-4H2,(H,14,15). The van der Waals surface area contributed by atoms with E-state index in [1.54, 1.807) is 0 Å². The van der Waals surface area contributed by atoms with Crippen LogP contribution in [0.1, 0.15) is 18.5 Å². The van der Waals surface area contributed by atoms with Crippen LogP contribution < -0.4 is 10.6 Å². The van der Waals surface area contributed by atoms with Crippen LogP contribution in [0.25, 0.3) is 0 Å². The molecule has 1 aromatic heterocycles. The summed E-state index contributed by atoms with van der Waals surface area (Å²) in [6.07, 6.45) is -2.51. The zero-order valence-corrected chi connectivity index (χ0v) is 9.29. The average molecular weight is 251 g/mol. The lowest BCUT2D eigenvalue weighted by atomic mass is 10.1. The van der Waals surface area contributed by atoms with Gasteiger partial charge in [-0.05, 0) is 25.9 Å². The second-order valence-electron chi connectivity index (χ2n) is 3.70. The van der Waals surface area contributed by atoms with Gasteiger partial charge in [0.2, 0.25) is 0 Å². The van der Waals surface area contributed by atoms with E-state index in [0.29, 0.717) is 5.13 Å². The van der Waals surface area contributed by atoms with Gasteiger partial charge in [0.25, 0.3) is 0 Å². The van der Waals surface area contributed by atoms with Crippen molar-refractivity contribution in [2.75, 3.05) is 18.4 Å². The van der Waals surface area contributed by atoms with E-state index in [4.69, 9.17) is 0 Å². The van der Waals surface area contributed by atoms with Crippen molar-refractivity contribution < 1.29 is 13.2 Å². The number of thiazole rings is 1. The van der Waals surface area contributed by atoms with E-state index in [-0.39, 0.29) is 6.04 Å². The quantitative estimate of drug-likeness (QED) is 0.847. The van der Waals surface area contributed by atoms with Gasteiger partial charge in [0, 0.05) is 11.4 Å². The van der Waals surface area contributed by atoms with Crippen LogP contribution in [0.4, 0.5) is 18.3 Å². The molecule has 0 atom stereocenters. The van der Waals surface area contributed by atoms with Gasteiger partial charge in [0.05, 0.1) is 0 Å². The molecule has 1 aliphatic rings. The SMILES string of the molecule is FC(F)(F)c1csc(NC2CCNCC2)n1. The van der Waals surface area contributed by atoms with Gasteiger partial charge < -0.3 is 10.6 Å². The molecule has 0 amide bonds. The molecule has 0 spiro atoms. The van der Waals surface area contributed by atoms with Gasteiger partial charge in [0.1, 0.15) is 0 Å². The van der Waals surface area contributed by atoms with Gasteiger partial charge in [0.15, 0.2) is 10.8 Å².